The minimum Gasteiger partial charge on any atom is -0.484 e. The van der Waals surface area contributed by atoms with E-state index in [-0.39, 0.29) is 17.4 Å². The fourth-order valence-electron chi connectivity index (χ4n) is 3.14. The number of amides is 1. The van der Waals surface area contributed by atoms with Crippen molar-refractivity contribution in [3.63, 3.8) is 0 Å². The molecule has 31 heavy (non-hydrogen) atoms. The summed E-state index contributed by atoms with van der Waals surface area (Å²) in [5.74, 6) is -1.99. The Morgan fingerprint density at radius 3 is 2.19 bits per heavy atom. The van der Waals surface area contributed by atoms with Crippen LogP contribution < -0.4 is 14.8 Å². The Bertz CT molecular complexity index is 1060. The van der Waals surface area contributed by atoms with Crippen LogP contribution in [0.2, 0.25) is 0 Å². The monoisotopic (exact) mass is 454 g/mol. The first-order valence-electron chi connectivity index (χ1n) is 9.67. The van der Waals surface area contributed by atoms with Crippen LogP contribution in [0.15, 0.2) is 30.3 Å². The van der Waals surface area contributed by atoms with Crippen molar-refractivity contribution in [3.05, 3.63) is 58.7 Å². The zero-order valence-corrected chi connectivity index (χ0v) is 19.3. The zero-order valence-electron chi connectivity index (χ0n) is 18.5. The number of sulfonamides is 1. The van der Waals surface area contributed by atoms with E-state index >= 15 is 0 Å². The number of anilines is 1. The van der Waals surface area contributed by atoms with E-state index in [1.807, 2.05) is 0 Å². The first kappa shape index (κ1) is 24.6. The van der Waals surface area contributed by atoms with Gasteiger partial charge in [-0.2, -0.15) is 0 Å². The van der Waals surface area contributed by atoms with Gasteiger partial charge in [0.15, 0.2) is 6.61 Å². The van der Waals surface area contributed by atoms with Crippen molar-refractivity contribution in [3.8, 4) is 5.75 Å². The van der Waals surface area contributed by atoms with Gasteiger partial charge >= 0.3 is 0 Å². The van der Waals surface area contributed by atoms with E-state index in [4.69, 9.17) is 4.74 Å². The molecule has 0 aliphatic rings. The van der Waals surface area contributed by atoms with Gasteiger partial charge in [0.2, 0.25) is 10.0 Å². The lowest BCUT2D eigenvalue weighted by atomic mass is 9.86. The van der Waals surface area contributed by atoms with Gasteiger partial charge < -0.3 is 10.1 Å². The van der Waals surface area contributed by atoms with Crippen molar-refractivity contribution in [1.82, 2.24) is 5.32 Å². The van der Waals surface area contributed by atoms with E-state index in [1.54, 1.807) is 52.8 Å². The smallest absolute Gasteiger partial charge is 0.258 e. The highest BCUT2D eigenvalue weighted by Crippen LogP contribution is 2.31. The van der Waals surface area contributed by atoms with E-state index < -0.39 is 39.6 Å². The fourth-order valence-corrected chi connectivity index (χ4v) is 3.76. The lowest BCUT2D eigenvalue weighted by Gasteiger charge is -2.21. The molecule has 170 valence electrons. The summed E-state index contributed by atoms with van der Waals surface area (Å²) in [6.07, 6.45) is 1.07. The van der Waals surface area contributed by atoms with Crippen LogP contribution in [0.3, 0.4) is 0 Å². The maximum Gasteiger partial charge on any atom is 0.258 e. The van der Waals surface area contributed by atoms with Gasteiger partial charge in [0.25, 0.3) is 5.91 Å². The number of halogens is 2. The third kappa shape index (κ3) is 6.92. The molecule has 2 N–H and O–H groups in total. The predicted molar refractivity (Wildman–Crippen MR) is 117 cm³/mol. The van der Waals surface area contributed by atoms with Crippen LogP contribution in [0.25, 0.3) is 0 Å². The maximum absolute atomic E-state index is 14.3. The molecule has 0 radical (unpaired) electrons. The average molecular weight is 455 g/mol. The molecule has 0 fully saturated rings. The van der Waals surface area contributed by atoms with Gasteiger partial charge in [-0.3, -0.25) is 9.52 Å². The van der Waals surface area contributed by atoms with Gasteiger partial charge in [0.1, 0.15) is 17.4 Å². The first-order chi connectivity index (χ1) is 14.2. The van der Waals surface area contributed by atoms with Crippen LogP contribution in [-0.4, -0.2) is 27.2 Å². The maximum atomic E-state index is 14.3. The van der Waals surface area contributed by atoms with E-state index in [1.165, 1.54) is 0 Å². The molecule has 9 heteroatoms. The Kier molecular flexibility index (Phi) is 7.31. The van der Waals surface area contributed by atoms with Gasteiger partial charge in [0, 0.05) is 17.7 Å². The highest BCUT2D eigenvalue weighted by atomic mass is 32.2. The van der Waals surface area contributed by atoms with Crippen molar-refractivity contribution in [2.24, 2.45) is 0 Å². The Morgan fingerprint density at radius 2 is 1.71 bits per heavy atom. The Balaban J connectivity index is 2.01. The van der Waals surface area contributed by atoms with Crippen LogP contribution in [0.5, 0.6) is 5.75 Å². The van der Waals surface area contributed by atoms with Crippen LogP contribution >= 0.6 is 0 Å². The summed E-state index contributed by atoms with van der Waals surface area (Å²) < 4.78 is 59.0. The van der Waals surface area contributed by atoms with Crippen molar-refractivity contribution >= 4 is 21.6 Å². The summed E-state index contributed by atoms with van der Waals surface area (Å²) in [5.41, 5.74) is 1.17. The molecule has 6 nitrogen and oxygen atoms in total. The number of rotatable bonds is 7. The van der Waals surface area contributed by atoms with Gasteiger partial charge in [-0.15, -0.1) is 0 Å². The molecule has 0 aliphatic heterocycles. The third-order valence-electron chi connectivity index (χ3n) is 4.56. The summed E-state index contributed by atoms with van der Waals surface area (Å²) >= 11 is 0. The van der Waals surface area contributed by atoms with Crippen molar-refractivity contribution in [2.45, 2.75) is 46.1 Å². The van der Waals surface area contributed by atoms with E-state index in [2.05, 4.69) is 10.0 Å². The largest absolute Gasteiger partial charge is 0.484 e. The number of aryl methyl sites for hydroxylation is 1. The molecule has 1 amide bonds. The van der Waals surface area contributed by atoms with Gasteiger partial charge in [0.05, 0.1) is 18.0 Å². The van der Waals surface area contributed by atoms with Crippen molar-refractivity contribution in [1.29, 1.82) is 0 Å². The first-order valence-corrected chi connectivity index (χ1v) is 11.6. The Labute approximate surface area is 182 Å². The van der Waals surface area contributed by atoms with Crippen LogP contribution in [0, 0.1) is 18.6 Å². The van der Waals surface area contributed by atoms with Crippen molar-refractivity contribution in [2.75, 3.05) is 17.6 Å². The van der Waals surface area contributed by atoms with E-state index in [0.717, 1.165) is 24.0 Å². The summed E-state index contributed by atoms with van der Waals surface area (Å²) in [6, 6.07) is 6.82. The summed E-state index contributed by atoms with van der Waals surface area (Å²) in [5, 5.41) is 2.74. The quantitative estimate of drug-likeness (QED) is 0.657. The van der Waals surface area contributed by atoms with E-state index in [9.17, 15) is 22.0 Å². The van der Waals surface area contributed by atoms with Crippen LogP contribution in [-0.2, 0) is 20.2 Å². The SMILES string of the molecule is Cc1cc(C(C)NC(=O)COc2cc(F)c(C(C)(C)C)c(F)c2)ccc1NS(C)(=O)=O. The highest BCUT2D eigenvalue weighted by molar-refractivity contribution is 7.92. The molecule has 1 unspecified atom stereocenters. The highest BCUT2D eigenvalue weighted by Gasteiger charge is 2.24. The molecule has 0 saturated carbocycles. The number of carbonyl (C=O) groups is 1. The molecule has 0 aromatic heterocycles. The van der Waals surface area contributed by atoms with Gasteiger partial charge in [-0.1, -0.05) is 32.9 Å². The normalized spacial score (nSPS) is 12.9. The topological polar surface area (TPSA) is 84.5 Å². The second-order valence-electron chi connectivity index (χ2n) is 8.54. The van der Waals surface area contributed by atoms with E-state index in [0.29, 0.717) is 11.3 Å². The summed E-state index contributed by atoms with van der Waals surface area (Å²) in [7, 11) is -3.39. The molecule has 0 spiro atoms. The minimum atomic E-state index is -3.39. The number of hydrogen-bond donors (Lipinski definition) is 2. The molecule has 0 aliphatic carbocycles. The minimum absolute atomic E-state index is 0.0397. The fraction of sp³-hybridized carbons (Fsp3) is 0.409. The lowest BCUT2D eigenvalue weighted by Crippen LogP contribution is -2.31. The molecular formula is C22H28F2N2O4S. The van der Waals surface area contributed by atoms with Gasteiger partial charge in [-0.05, 0) is 36.5 Å². The molecule has 1 atom stereocenters. The summed E-state index contributed by atoms with van der Waals surface area (Å²) in [4.78, 5) is 12.2. The van der Waals surface area contributed by atoms with Crippen LogP contribution in [0.4, 0.5) is 14.5 Å². The molecule has 2 rings (SSSR count). The van der Waals surface area contributed by atoms with Gasteiger partial charge in [-0.25, -0.2) is 17.2 Å². The van der Waals surface area contributed by atoms with Crippen molar-refractivity contribution < 1.29 is 26.7 Å². The third-order valence-corrected chi connectivity index (χ3v) is 5.15. The predicted octanol–water partition coefficient (Wildman–Crippen LogP) is 4.20. The number of carbonyl (C=O) groups excluding carboxylic acids is 1. The molecule has 0 bridgehead atoms. The standard InChI is InChI=1S/C22H28F2N2O4S/c1-13-9-15(7-8-19(13)26-31(6,28)29)14(2)25-20(27)12-30-16-10-17(23)21(18(24)11-16)22(3,4)5/h7-11,14,26H,12H2,1-6H3,(H,25,27). The average Bonchev–Trinajstić information content (AvgIpc) is 2.58. The molecule has 2 aromatic carbocycles. The second-order valence-corrected chi connectivity index (χ2v) is 10.3. The number of ether oxygens (including phenoxy) is 1. The Hall–Kier alpha value is -2.68. The summed E-state index contributed by atoms with van der Waals surface area (Å²) in [6.45, 7) is 8.21. The molecular weight excluding hydrogens is 426 g/mol. The molecule has 0 heterocycles. The van der Waals surface area contributed by atoms with Crippen LogP contribution in [0.1, 0.15) is 50.4 Å². The second kappa shape index (κ2) is 9.21. The number of benzene rings is 2. The molecule has 2 aromatic rings. The Morgan fingerprint density at radius 1 is 1.13 bits per heavy atom. The number of nitrogens with one attached hydrogen (secondary N) is 2. The molecule has 0 saturated heterocycles. The lowest BCUT2D eigenvalue weighted by molar-refractivity contribution is -0.123. The zero-order chi connectivity index (χ0) is 23.6. The number of hydrogen-bond acceptors (Lipinski definition) is 4.